The average molecular weight is 434 g/mol. The Morgan fingerprint density at radius 3 is 2.61 bits per heavy atom. The Hall–Kier alpha value is -2.49. The second-order valence-corrected chi connectivity index (χ2v) is 8.53. The van der Waals surface area contributed by atoms with E-state index in [9.17, 15) is 24.6 Å². The molecule has 0 radical (unpaired) electrons. The number of ether oxygens (including phenoxy) is 4. The number of rotatable bonds is 4. The molecule has 2 saturated heterocycles. The van der Waals surface area contributed by atoms with Gasteiger partial charge in [0.05, 0.1) is 24.2 Å². The molecule has 2 aliphatic carbocycles. The molecule has 2 aliphatic heterocycles. The van der Waals surface area contributed by atoms with Gasteiger partial charge in [0.25, 0.3) is 0 Å². The largest absolute Gasteiger partial charge is 0.461 e. The Morgan fingerprint density at radius 2 is 2.03 bits per heavy atom. The third kappa shape index (κ3) is 3.31. The Bertz CT molecular complexity index is 897. The van der Waals surface area contributed by atoms with Gasteiger partial charge >= 0.3 is 17.9 Å². The molecule has 9 heteroatoms. The molecule has 2 N–H and O–H groups in total. The topological polar surface area (TPSA) is 132 Å². The lowest BCUT2D eigenvalue weighted by molar-refractivity contribution is -0.159. The summed E-state index contributed by atoms with van der Waals surface area (Å²) in [5.74, 6) is -3.77. The maximum Gasteiger partial charge on any atom is 0.337 e. The number of carbonyl (C=O) groups excluding carboxylic acids is 3. The van der Waals surface area contributed by atoms with Gasteiger partial charge in [0.15, 0.2) is 0 Å². The van der Waals surface area contributed by atoms with Gasteiger partial charge in [-0.05, 0) is 13.8 Å². The fourth-order valence-corrected chi connectivity index (χ4v) is 5.22. The van der Waals surface area contributed by atoms with E-state index >= 15 is 0 Å². The van der Waals surface area contributed by atoms with Crippen LogP contribution < -0.4 is 0 Å². The van der Waals surface area contributed by atoms with Crippen LogP contribution in [0.5, 0.6) is 0 Å². The highest BCUT2D eigenvalue weighted by molar-refractivity contribution is 5.92. The first kappa shape index (κ1) is 21.7. The van der Waals surface area contributed by atoms with Gasteiger partial charge in [0.2, 0.25) is 0 Å². The number of allylic oxidation sites excluding steroid dienone is 1. The highest BCUT2D eigenvalue weighted by Crippen LogP contribution is 2.58. The Kier molecular flexibility index (Phi) is 5.31. The molecule has 9 nitrogen and oxygen atoms in total. The van der Waals surface area contributed by atoms with Crippen molar-refractivity contribution in [1.29, 1.82) is 0 Å². The molecule has 0 aromatic carbocycles. The van der Waals surface area contributed by atoms with E-state index in [4.69, 9.17) is 18.9 Å². The molecule has 8 unspecified atom stereocenters. The van der Waals surface area contributed by atoms with Crippen LogP contribution >= 0.6 is 0 Å². The summed E-state index contributed by atoms with van der Waals surface area (Å²) in [4.78, 5) is 36.3. The summed E-state index contributed by atoms with van der Waals surface area (Å²) in [7, 11) is 0. The van der Waals surface area contributed by atoms with Gasteiger partial charge in [0.1, 0.15) is 30.5 Å². The van der Waals surface area contributed by atoms with Crippen molar-refractivity contribution in [2.24, 2.45) is 17.8 Å². The number of hydrogen-bond donors (Lipinski definition) is 2. The van der Waals surface area contributed by atoms with Gasteiger partial charge in [-0.3, -0.25) is 4.79 Å². The molecular weight excluding hydrogens is 408 g/mol. The average Bonchev–Trinajstić information content (AvgIpc) is 3.38. The van der Waals surface area contributed by atoms with Crippen LogP contribution in [-0.2, 0) is 33.3 Å². The third-order valence-electron chi connectivity index (χ3n) is 6.82. The van der Waals surface area contributed by atoms with Crippen LogP contribution in [0.15, 0.2) is 35.5 Å². The van der Waals surface area contributed by atoms with Crippen LogP contribution in [0.25, 0.3) is 0 Å². The number of hydrogen-bond acceptors (Lipinski definition) is 9. The fourth-order valence-electron chi connectivity index (χ4n) is 5.22. The van der Waals surface area contributed by atoms with Crippen molar-refractivity contribution in [3.05, 3.63) is 35.5 Å². The number of fused-ring (bicyclic) bond motifs is 4. The number of carbonyl (C=O) groups is 3. The van der Waals surface area contributed by atoms with Crippen molar-refractivity contribution in [2.75, 3.05) is 13.2 Å². The molecule has 0 amide bonds. The summed E-state index contributed by atoms with van der Waals surface area (Å²) in [5.41, 5.74) is -0.143. The molecular formula is C22H26O9. The first-order chi connectivity index (χ1) is 14.6. The maximum atomic E-state index is 12.8. The van der Waals surface area contributed by atoms with Crippen LogP contribution in [0.1, 0.15) is 20.8 Å². The smallest absolute Gasteiger partial charge is 0.337 e. The van der Waals surface area contributed by atoms with E-state index < -0.39 is 65.7 Å². The minimum atomic E-state index is -1.33. The summed E-state index contributed by atoms with van der Waals surface area (Å²) in [6, 6.07) is 0. The zero-order valence-electron chi connectivity index (χ0n) is 17.6. The van der Waals surface area contributed by atoms with Crippen molar-refractivity contribution in [3.63, 3.8) is 0 Å². The molecule has 2 heterocycles. The molecule has 0 aromatic heterocycles. The lowest BCUT2D eigenvalue weighted by Crippen LogP contribution is -2.50. The maximum absolute atomic E-state index is 12.8. The summed E-state index contributed by atoms with van der Waals surface area (Å²) < 4.78 is 21.9. The van der Waals surface area contributed by atoms with Crippen molar-refractivity contribution < 1.29 is 43.5 Å². The van der Waals surface area contributed by atoms with Crippen LogP contribution in [-0.4, -0.2) is 71.4 Å². The van der Waals surface area contributed by atoms with Crippen LogP contribution in [0.3, 0.4) is 0 Å². The lowest BCUT2D eigenvalue weighted by Gasteiger charge is -2.32. The predicted molar refractivity (Wildman–Crippen MR) is 104 cm³/mol. The van der Waals surface area contributed by atoms with Gasteiger partial charge < -0.3 is 29.2 Å². The van der Waals surface area contributed by atoms with Crippen molar-refractivity contribution in [2.45, 2.75) is 50.8 Å². The van der Waals surface area contributed by atoms with E-state index in [0.29, 0.717) is 0 Å². The van der Waals surface area contributed by atoms with Gasteiger partial charge in [-0.2, -0.15) is 0 Å². The molecule has 3 fully saturated rings. The van der Waals surface area contributed by atoms with E-state index in [1.165, 1.54) is 13.0 Å². The van der Waals surface area contributed by atoms with Gasteiger partial charge in [0, 0.05) is 24.3 Å². The lowest BCUT2D eigenvalue weighted by atomic mass is 9.77. The molecule has 4 aliphatic rings. The molecule has 0 aromatic rings. The molecule has 1 saturated carbocycles. The molecule has 31 heavy (non-hydrogen) atoms. The standard InChI is InChI=1S/C22H26O9/c1-5-12(7-28-11(4)23)21(27)31-18-15-10(3)20(26)30-17(15)14-9(2)6-13(24)16(14)22(8-29-22)19(18)25/h5-6,13-19,24-25H,3,7-8H2,1-2,4H3. The van der Waals surface area contributed by atoms with E-state index in [1.807, 2.05) is 6.92 Å². The van der Waals surface area contributed by atoms with Crippen molar-refractivity contribution >= 4 is 17.9 Å². The second kappa shape index (κ2) is 7.58. The fraction of sp³-hybridized carbons (Fsp3) is 0.591. The Labute approximate surface area is 179 Å². The molecule has 168 valence electrons. The van der Waals surface area contributed by atoms with Crippen molar-refractivity contribution in [3.8, 4) is 0 Å². The minimum absolute atomic E-state index is 0.0844. The highest BCUT2D eigenvalue weighted by atomic mass is 16.6. The summed E-state index contributed by atoms with van der Waals surface area (Å²) in [6.07, 6.45) is -1.06. The first-order valence-corrected chi connectivity index (χ1v) is 10.2. The second-order valence-electron chi connectivity index (χ2n) is 8.53. The van der Waals surface area contributed by atoms with E-state index in [2.05, 4.69) is 6.58 Å². The van der Waals surface area contributed by atoms with Crippen LogP contribution in [0.2, 0.25) is 0 Å². The number of aliphatic hydroxyl groups is 2. The highest BCUT2D eigenvalue weighted by Gasteiger charge is 2.71. The molecule has 1 spiro atoms. The van der Waals surface area contributed by atoms with Crippen LogP contribution in [0, 0.1) is 17.8 Å². The predicted octanol–water partition coefficient (Wildman–Crippen LogP) is 0.202. The summed E-state index contributed by atoms with van der Waals surface area (Å²) >= 11 is 0. The molecule has 4 rings (SSSR count). The summed E-state index contributed by atoms with van der Waals surface area (Å²) in [5, 5.41) is 22.0. The minimum Gasteiger partial charge on any atom is -0.461 e. The SMILES string of the molecule is C=C1C(=O)OC2C1C(OC(=O)C(=CC)COC(C)=O)C(O)C1(CO1)C1C(O)C=C(C)C21. The van der Waals surface area contributed by atoms with Gasteiger partial charge in [-0.15, -0.1) is 0 Å². The number of aliphatic hydroxyl groups excluding tert-OH is 2. The van der Waals surface area contributed by atoms with Crippen LogP contribution in [0.4, 0.5) is 0 Å². The molecule has 8 atom stereocenters. The number of epoxide rings is 1. The third-order valence-corrected chi connectivity index (χ3v) is 6.82. The monoisotopic (exact) mass is 434 g/mol. The number of esters is 3. The Morgan fingerprint density at radius 1 is 1.35 bits per heavy atom. The zero-order chi connectivity index (χ0) is 22.7. The first-order valence-electron chi connectivity index (χ1n) is 10.2. The van der Waals surface area contributed by atoms with E-state index in [1.54, 1.807) is 13.0 Å². The van der Waals surface area contributed by atoms with E-state index in [0.717, 1.165) is 5.57 Å². The zero-order valence-corrected chi connectivity index (χ0v) is 17.6. The van der Waals surface area contributed by atoms with Crippen molar-refractivity contribution in [1.82, 2.24) is 0 Å². The molecule has 0 bridgehead atoms. The quantitative estimate of drug-likeness (QED) is 0.209. The Balaban J connectivity index is 1.69. The normalized spacial score (nSPS) is 41.1. The van der Waals surface area contributed by atoms with Gasteiger partial charge in [-0.1, -0.05) is 24.3 Å². The van der Waals surface area contributed by atoms with Gasteiger partial charge in [-0.25, -0.2) is 9.59 Å². The van der Waals surface area contributed by atoms with E-state index in [-0.39, 0.29) is 24.4 Å². The summed E-state index contributed by atoms with van der Waals surface area (Å²) in [6.45, 7) is 8.34.